The molecular formula is C32H8Cl16CuN8. The second-order valence-corrected chi connectivity index (χ2v) is 18.1. The van der Waals surface area contributed by atoms with E-state index in [-0.39, 0.29) is 144 Å². The van der Waals surface area contributed by atoms with Crippen molar-refractivity contribution in [2.75, 3.05) is 21.3 Å². The second-order valence-electron chi connectivity index (χ2n) is 12.0. The third-order valence-electron chi connectivity index (χ3n) is 9.07. The number of rotatable bonds is 0. The Kier molecular flexibility index (Phi) is 11.6. The summed E-state index contributed by atoms with van der Waals surface area (Å²) in [4.78, 5) is 13.1. The summed E-state index contributed by atoms with van der Waals surface area (Å²) in [6.45, 7) is 0. The minimum absolute atomic E-state index is 0. The summed E-state index contributed by atoms with van der Waals surface area (Å²) >= 11 is 108. The van der Waals surface area contributed by atoms with E-state index in [1.807, 2.05) is 0 Å². The van der Waals surface area contributed by atoms with E-state index in [9.17, 15) is 0 Å². The van der Waals surface area contributed by atoms with Crippen molar-refractivity contribution >= 4 is 275 Å². The normalized spacial score (nSPS) is 12.6. The van der Waals surface area contributed by atoms with Crippen molar-refractivity contribution in [3.63, 3.8) is 0 Å². The van der Waals surface area contributed by atoms with Crippen LogP contribution in [0, 0.1) is 0 Å². The van der Waals surface area contributed by atoms with E-state index >= 15 is 0 Å². The molecule has 25 heteroatoms. The molecule has 4 aromatic heterocycles. The number of fused-ring (bicyclic) bond motifs is 20. The number of benzene rings is 4. The summed E-state index contributed by atoms with van der Waals surface area (Å²) in [7, 11) is 0. The Balaban J connectivity index is 0.00000455. The average Bonchev–Trinajstić information content (AvgIpc) is 3.92. The number of aromatic nitrogens is 4. The maximum atomic E-state index is 6.91. The SMILES string of the molecule is Clc1c(Cl)c(Cl)c2c3[nH]c(c2c1Cl)Nc1[nH]c(c2c(Cl)c(Cl)c(Cl)c(Cl)c12)Nc1[nH]c(c2c(Cl)c(Cl)c(Cl)c(Cl)c12)Nc1[nH]c(c2c(Cl)c(Cl)c(Cl)c(Cl)c12)N3.[Cu]. The Bertz CT molecular complexity index is 2520. The molecule has 1 radical (unpaired) electrons. The van der Waals surface area contributed by atoms with Crippen molar-refractivity contribution in [2.24, 2.45) is 0 Å². The largest absolute Gasteiger partial charge is 0.327 e. The minimum atomic E-state index is -0.0171. The van der Waals surface area contributed by atoms with Crippen LogP contribution in [0.3, 0.4) is 0 Å². The van der Waals surface area contributed by atoms with Crippen LogP contribution in [0.25, 0.3) is 43.1 Å². The van der Waals surface area contributed by atoms with Crippen LogP contribution in [0.5, 0.6) is 0 Å². The Labute approximate surface area is 409 Å². The van der Waals surface area contributed by atoms with Crippen molar-refractivity contribution < 1.29 is 17.1 Å². The summed E-state index contributed by atoms with van der Waals surface area (Å²) in [5, 5.41) is 15.9. The van der Waals surface area contributed by atoms with Gasteiger partial charge in [0.1, 0.15) is 46.5 Å². The molecule has 0 saturated heterocycles. The fourth-order valence-corrected chi connectivity index (χ4v) is 10.8. The first-order valence-corrected chi connectivity index (χ1v) is 21.1. The number of anilines is 8. The standard InChI is InChI=1S/C32H8Cl16N8.Cu/c33-9-1-2(10(34)18(42)17(9)41)26-49-25(1)53-27-3-4(12(36)20(44)19(43)11(3)35)29(50-27)55-31-7-8(16(40)24(48)23(47)15(7)39)32(52-31)56-30-6-5(28(51-30)54-26)13(37)21(45)22(46)14(6)38;/h49-56H;. The van der Waals surface area contributed by atoms with Gasteiger partial charge in [-0.1, -0.05) is 186 Å². The van der Waals surface area contributed by atoms with Gasteiger partial charge in [-0.25, -0.2) is 0 Å². The molecule has 8 aromatic rings. The van der Waals surface area contributed by atoms with E-state index in [0.29, 0.717) is 43.1 Å². The fourth-order valence-electron chi connectivity index (χ4n) is 6.65. The zero-order valence-corrected chi connectivity index (χ0v) is 39.4. The van der Waals surface area contributed by atoms with E-state index in [4.69, 9.17) is 186 Å². The first-order valence-electron chi connectivity index (χ1n) is 15.0. The van der Waals surface area contributed by atoms with Crippen LogP contribution in [0.4, 0.5) is 46.5 Å². The van der Waals surface area contributed by atoms with Crippen molar-refractivity contribution in [1.82, 2.24) is 19.9 Å². The van der Waals surface area contributed by atoms with Gasteiger partial charge >= 0.3 is 0 Å². The molecule has 0 atom stereocenters. The maximum absolute atomic E-state index is 6.91. The fraction of sp³-hybridized carbons (Fsp3) is 0. The molecule has 0 spiro atoms. The van der Waals surface area contributed by atoms with Crippen LogP contribution >= 0.6 is 186 Å². The Morgan fingerprint density at radius 2 is 0.281 bits per heavy atom. The van der Waals surface area contributed by atoms with E-state index in [2.05, 4.69) is 41.2 Å². The molecule has 57 heavy (non-hydrogen) atoms. The van der Waals surface area contributed by atoms with Gasteiger partial charge in [0.25, 0.3) is 0 Å². The molecular weight excluding hydrogens is 1130 g/mol. The summed E-state index contributed by atoms with van der Waals surface area (Å²) in [6.07, 6.45) is 0. The molecule has 0 fully saturated rings. The predicted molar refractivity (Wildman–Crippen MR) is 246 cm³/mol. The van der Waals surface area contributed by atoms with Gasteiger partial charge in [0.05, 0.1) is 80.4 Å². The molecule has 0 saturated carbocycles. The molecule has 4 aromatic carbocycles. The number of hydrogen-bond acceptors (Lipinski definition) is 4. The van der Waals surface area contributed by atoms with E-state index < -0.39 is 0 Å². The zero-order chi connectivity index (χ0) is 40.1. The van der Waals surface area contributed by atoms with Gasteiger partial charge in [-0.15, -0.1) is 0 Å². The number of halogens is 16. The molecule has 0 amide bonds. The molecule has 1 aliphatic heterocycles. The number of hydrogen-bond donors (Lipinski definition) is 8. The molecule has 0 unspecified atom stereocenters. The quantitative estimate of drug-likeness (QED) is 0.0439. The third-order valence-corrected chi connectivity index (χ3v) is 16.3. The first-order chi connectivity index (χ1) is 26.4. The third kappa shape index (κ3) is 6.22. The smallest absolute Gasteiger partial charge is 0.120 e. The summed E-state index contributed by atoms with van der Waals surface area (Å²) in [5.41, 5.74) is 0. The monoisotopic (exact) mass is 1130 g/mol. The van der Waals surface area contributed by atoms with Crippen LogP contribution in [0.1, 0.15) is 0 Å². The zero-order valence-electron chi connectivity index (χ0n) is 26.3. The Morgan fingerprint density at radius 3 is 0.386 bits per heavy atom. The maximum Gasteiger partial charge on any atom is 0.120 e. The van der Waals surface area contributed by atoms with Crippen molar-refractivity contribution in [3.05, 3.63) is 80.4 Å². The molecule has 1 aliphatic rings. The molecule has 9 rings (SSSR count). The van der Waals surface area contributed by atoms with Gasteiger partial charge < -0.3 is 41.2 Å². The topological polar surface area (TPSA) is 111 Å². The van der Waals surface area contributed by atoms with Gasteiger partial charge in [-0.05, 0) is 0 Å². The molecule has 8 nitrogen and oxygen atoms in total. The van der Waals surface area contributed by atoms with Gasteiger partial charge in [0, 0.05) is 60.2 Å². The minimum Gasteiger partial charge on any atom is -0.327 e. The van der Waals surface area contributed by atoms with Crippen LogP contribution in [0.2, 0.25) is 80.4 Å². The number of aromatic amines is 4. The number of H-pyrrole nitrogens is 4. The van der Waals surface area contributed by atoms with E-state index in [1.54, 1.807) is 0 Å². The van der Waals surface area contributed by atoms with Crippen molar-refractivity contribution in [3.8, 4) is 0 Å². The van der Waals surface area contributed by atoms with Crippen LogP contribution in [-0.2, 0) is 17.1 Å². The summed E-state index contributed by atoms with van der Waals surface area (Å²) in [6, 6.07) is 0. The Hall–Kier alpha value is -0.601. The summed E-state index contributed by atoms with van der Waals surface area (Å²) < 4.78 is 0. The second kappa shape index (κ2) is 15.3. The van der Waals surface area contributed by atoms with Crippen molar-refractivity contribution in [2.45, 2.75) is 0 Å². The van der Waals surface area contributed by atoms with Crippen LogP contribution in [0.15, 0.2) is 0 Å². The number of nitrogens with one attached hydrogen (secondary N) is 8. The molecule has 0 aliphatic carbocycles. The van der Waals surface area contributed by atoms with Crippen LogP contribution in [-0.4, -0.2) is 19.9 Å². The predicted octanol–water partition coefficient (Wildman–Crippen LogP) is 19.4. The molecule has 8 N–H and O–H groups in total. The van der Waals surface area contributed by atoms with Crippen molar-refractivity contribution in [1.29, 1.82) is 0 Å². The van der Waals surface area contributed by atoms with E-state index in [1.165, 1.54) is 0 Å². The van der Waals surface area contributed by atoms with Gasteiger partial charge in [-0.2, -0.15) is 0 Å². The van der Waals surface area contributed by atoms with Gasteiger partial charge in [0.15, 0.2) is 0 Å². The van der Waals surface area contributed by atoms with E-state index in [0.717, 1.165) is 0 Å². The van der Waals surface area contributed by atoms with Gasteiger partial charge in [-0.3, -0.25) is 0 Å². The Morgan fingerprint density at radius 1 is 0.175 bits per heavy atom. The first kappa shape index (κ1) is 43.1. The molecule has 8 bridgehead atoms. The molecule has 299 valence electrons. The van der Waals surface area contributed by atoms with Crippen LogP contribution < -0.4 is 21.3 Å². The summed E-state index contributed by atoms with van der Waals surface area (Å²) in [5.74, 6) is 1.97. The molecule has 5 heterocycles. The average molecular weight is 1140 g/mol. The van der Waals surface area contributed by atoms with Gasteiger partial charge in [0.2, 0.25) is 0 Å².